The quantitative estimate of drug-likeness (QED) is 0.393. The molecule has 0 unspecified atom stereocenters. The minimum atomic E-state index is -1.20. The van der Waals surface area contributed by atoms with Crippen molar-refractivity contribution in [3.8, 4) is 5.75 Å². The van der Waals surface area contributed by atoms with Crippen molar-refractivity contribution < 1.29 is 28.8 Å². The summed E-state index contributed by atoms with van der Waals surface area (Å²) < 4.78 is 4.84. The number of hydrogen-bond acceptors (Lipinski definition) is 6. The number of benzene rings is 1. The van der Waals surface area contributed by atoms with E-state index in [-0.39, 0.29) is 24.5 Å². The third kappa shape index (κ3) is 4.16. The fourth-order valence-electron chi connectivity index (χ4n) is 1.69. The van der Waals surface area contributed by atoms with Crippen LogP contribution in [-0.4, -0.2) is 28.9 Å². The lowest BCUT2D eigenvalue weighted by Crippen LogP contribution is -2.33. The summed E-state index contributed by atoms with van der Waals surface area (Å²) >= 11 is 0. The summed E-state index contributed by atoms with van der Waals surface area (Å²) in [7, 11) is 0. The lowest BCUT2D eigenvalue weighted by Gasteiger charge is -2.12. The largest absolute Gasteiger partial charge is 0.539 e. The summed E-state index contributed by atoms with van der Waals surface area (Å²) in [5, 5.41) is 2.98. The van der Waals surface area contributed by atoms with Gasteiger partial charge in [-0.25, -0.2) is 4.79 Å². The highest BCUT2D eigenvalue weighted by Gasteiger charge is 2.33. The summed E-state index contributed by atoms with van der Waals surface area (Å²) in [5.41, 5.74) is 0.845. The normalized spacial score (nSPS) is 13.7. The lowest BCUT2D eigenvalue weighted by atomic mass is 10.2. The third-order valence-corrected chi connectivity index (χ3v) is 2.87. The molecule has 3 amide bonds. The van der Waals surface area contributed by atoms with E-state index in [4.69, 9.17) is 4.74 Å². The van der Waals surface area contributed by atoms with Crippen LogP contribution in [0.5, 0.6) is 5.75 Å². The first-order valence-corrected chi connectivity index (χ1v) is 6.69. The van der Waals surface area contributed by atoms with Gasteiger partial charge in [0.05, 0.1) is 0 Å². The lowest BCUT2D eigenvalue weighted by molar-refractivity contribution is -0.174. The number of carbonyl (C=O) groups is 4. The number of hydrogen-bond donors (Lipinski definition) is 1. The highest BCUT2D eigenvalue weighted by atomic mass is 16.8. The van der Waals surface area contributed by atoms with Crippen LogP contribution in [0.15, 0.2) is 36.4 Å². The first kappa shape index (κ1) is 16.2. The molecule has 8 nitrogen and oxygen atoms in total. The Morgan fingerprint density at radius 1 is 1.13 bits per heavy atom. The van der Waals surface area contributed by atoms with Gasteiger partial charge in [-0.3, -0.25) is 19.2 Å². The molecule has 8 heteroatoms. The predicted molar refractivity (Wildman–Crippen MR) is 78.1 cm³/mol. The summed E-state index contributed by atoms with van der Waals surface area (Å²) in [5.74, 6) is -1.39. The monoisotopic (exact) mass is 318 g/mol. The minimum Gasteiger partial charge on any atom is -0.393 e. The van der Waals surface area contributed by atoms with Crippen LogP contribution in [0.3, 0.4) is 0 Å². The van der Waals surface area contributed by atoms with Crippen LogP contribution in [0.1, 0.15) is 19.8 Å². The van der Waals surface area contributed by atoms with Crippen molar-refractivity contribution in [2.45, 2.75) is 19.8 Å². The SMILES string of the molecule is C=C(C)C(=O)Nc1ccc(OC(=O)ON2C(=O)CCC2=O)cc1. The molecule has 0 saturated carbocycles. The highest BCUT2D eigenvalue weighted by molar-refractivity contribution is 6.03. The van der Waals surface area contributed by atoms with Crippen molar-refractivity contribution in [2.75, 3.05) is 5.32 Å². The fraction of sp³-hybridized carbons (Fsp3) is 0.200. The van der Waals surface area contributed by atoms with E-state index in [1.165, 1.54) is 24.3 Å². The van der Waals surface area contributed by atoms with Crippen LogP contribution in [0.25, 0.3) is 0 Å². The molecule has 23 heavy (non-hydrogen) atoms. The zero-order valence-corrected chi connectivity index (χ0v) is 12.3. The molecule has 1 aliphatic rings. The van der Waals surface area contributed by atoms with Crippen molar-refractivity contribution >= 4 is 29.6 Å². The Balaban J connectivity index is 1.91. The van der Waals surface area contributed by atoms with E-state index in [2.05, 4.69) is 16.7 Å². The Morgan fingerprint density at radius 2 is 1.70 bits per heavy atom. The van der Waals surface area contributed by atoms with E-state index in [9.17, 15) is 19.2 Å². The molecule has 1 N–H and O–H groups in total. The van der Waals surface area contributed by atoms with Crippen LogP contribution < -0.4 is 10.1 Å². The van der Waals surface area contributed by atoms with Crippen LogP contribution >= 0.6 is 0 Å². The molecule has 120 valence electrons. The summed E-state index contributed by atoms with van der Waals surface area (Å²) in [6, 6.07) is 5.86. The van der Waals surface area contributed by atoms with Gasteiger partial charge in [0.1, 0.15) is 5.75 Å². The molecule has 0 aliphatic carbocycles. The average Bonchev–Trinajstić information content (AvgIpc) is 2.81. The fourth-order valence-corrected chi connectivity index (χ4v) is 1.69. The van der Waals surface area contributed by atoms with Crippen LogP contribution in [0, 0.1) is 0 Å². The Kier molecular flexibility index (Phi) is 4.75. The molecule has 0 atom stereocenters. The maximum Gasteiger partial charge on any atom is 0.539 e. The molecular weight excluding hydrogens is 304 g/mol. The standard InChI is InChI=1S/C15H14N2O6/c1-9(2)14(20)16-10-3-5-11(6-4-10)22-15(21)23-17-12(18)7-8-13(17)19/h3-6H,1,7-8H2,2H3,(H,16,20). The topological polar surface area (TPSA) is 102 Å². The molecule has 1 fully saturated rings. The van der Waals surface area contributed by atoms with Crippen molar-refractivity contribution in [3.63, 3.8) is 0 Å². The van der Waals surface area contributed by atoms with Gasteiger partial charge in [-0.05, 0) is 31.2 Å². The first-order valence-electron chi connectivity index (χ1n) is 6.69. The number of imide groups is 1. The third-order valence-electron chi connectivity index (χ3n) is 2.87. The summed E-state index contributed by atoms with van der Waals surface area (Å²) in [6.45, 7) is 5.08. The van der Waals surface area contributed by atoms with Gasteiger partial charge in [0.25, 0.3) is 17.7 Å². The summed E-state index contributed by atoms with van der Waals surface area (Å²) in [6.07, 6.45) is -1.20. The molecule has 1 saturated heterocycles. The first-order chi connectivity index (χ1) is 10.9. The Hall–Kier alpha value is -3.16. The van der Waals surface area contributed by atoms with E-state index < -0.39 is 18.0 Å². The minimum absolute atomic E-state index is 0.00320. The van der Waals surface area contributed by atoms with E-state index in [1.54, 1.807) is 6.92 Å². The number of rotatable bonds is 4. The van der Waals surface area contributed by atoms with Gasteiger partial charge >= 0.3 is 6.16 Å². The van der Waals surface area contributed by atoms with Gasteiger partial charge in [0, 0.05) is 24.1 Å². The van der Waals surface area contributed by atoms with Gasteiger partial charge in [-0.15, -0.1) is 0 Å². The summed E-state index contributed by atoms with van der Waals surface area (Å²) in [4.78, 5) is 50.1. The molecular formula is C15H14N2O6. The molecule has 1 aliphatic heterocycles. The van der Waals surface area contributed by atoms with Crippen molar-refractivity contribution in [1.29, 1.82) is 0 Å². The molecule has 1 aromatic carbocycles. The second-order valence-electron chi connectivity index (χ2n) is 4.78. The van der Waals surface area contributed by atoms with Crippen molar-refractivity contribution in [2.24, 2.45) is 0 Å². The Morgan fingerprint density at radius 3 is 2.22 bits per heavy atom. The van der Waals surface area contributed by atoms with Crippen molar-refractivity contribution in [3.05, 3.63) is 36.4 Å². The maximum absolute atomic E-state index is 11.5. The highest BCUT2D eigenvalue weighted by Crippen LogP contribution is 2.18. The van der Waals surface area contributed by atoms with Gasteiger partial charge in [0.2, 0.25) is 0 Å². The van der Waals surface area contributed by atoms with Crippen LogP contribution in [-0.2, 0) is 19.2 Å². The number of anilines is 1. The predicted octanol–water partition coefficient (Wildman–Crippen LogP) is 1.78. The molecule has 1 heterocycles. The average molecular weight is 318 g/mol. The molecule has 2 rings (SSSR count). The number of nitrogens with one attached hydrogen (secondary N) is 1. The van der Waals surface area contributed by atoms with E-state index in [0.717, 1.165) is 0 Å². The van der Waals surface area contributed by atoms with Gasteiger partial charge < -0.3 is 10.1 Å². The molecule has 0 bridgehead atoms. The van der Waals surface area contributed by atoms with Crippen LogP contribution in [0.4, 0.5) is 10.5 Å². The Bertz CT molecular complexity index is 664. The zero-order valence-electron chi connectivity index (χ0n) is 12.3. The number of hydroxylamine groups is 2. The molecule has 1 aromatic rings. The van der Waals surface area contributed by atoms with Gasteiger partial charge in [-0.2, -0.15) is 0 Å². The molecule has 0 spiro atoms. The van der Waals surface area contributed by atoms with Crippen molar-refractivity contribution in [1.82, 2.24) is 5.06 Å². The van der Waals surface area contributed by atoms with E-state index in [1.807, 2.05) is 0 Å². The number of ether oxygens (including phenoxy) is 1. The van der Waals surface area contributed by atoms with E-state index >= 15 is 0 Å². The van der Waals surface area contributed by atoms with Crippen LogP contribution in [0.2, 0.25) is 0 Å². The Labute approximate surface area is 131 Å². The van der Waals surface area contributed by atoms with Gasteiger partial charge in [-0.1, -0.05) is 11.6 Å². The smallest absolute Gasteiger partial charge is 0.393 e. The maximum atomic E-state index is 11.5. The second-order valence-corrected chi connectivity index (χ2v) is 4.78. The zero-order chi connectivity index (χ0) is 17.0. The molecule has 0 radical (unpaired) electrons. The number of carbonyl (C=O) groups excluding carboxylic acids is 4. The number of amides is 3. The second kappa shape index (κ2) is 6.73. The molecule has 0 aromatic heterocycles. The number of nitrogens with zero attached hydrogens (tertiary/aromatic N) is 1. The van der Waals surface area contributed by atoms with Gasteiger partial charge in [0.15, 0.2) is 0 Å². The van der Waals surface area contributed by atoms with E-state index in [0.29, 0.717) is 16.3 Å².